The maximum absolute atomic E-state index is 12.0. The number of carboxylic acid groups (broad SMARTS) is 1. The first kappa shape index (κ1) is 20.4. The Hall–Kier alpha value is -1.93. The van der Waals surface area contributed by atoms with Gasteiger partial charge >= 0.3 is 5.97 Å². The van der Waals surface area contributed by atoms with Gasteiger partial charge < -0.3 is 21.1 Å². The summed E-state index contributed by atoms with van der Waals surface area (Å²) in [5, 5.41) is 17.4. The molecule has 8 heteroatoms. The Morgan fingerprint density at radius 3 is 2.19 bits per heavy atom. The van der Waals surface area contributed by atoms with E-state index >= 15 is 0 Å². The summed E-state index contributed by atoms with van der Waals surface area (Å²) >= 11 is 1.44. The molecule has 2 heterocycles. The van der Waals surface area contributed by atoms with E-state index in [0.717, 1.165) is 29.3 Å². The molecule has 0 saturated carbocycles. The van der Waals surface area contributed by atoms with Crippen LogP contribution in [0.5, 0.6) is 0 Å². The largest absolute Gasteiger partial charge is 0.481 e. The van der Waals surface area contributed by atoms with Crippen LogP contribution in [0.3, 0.4) is 0 Å². The summed E-state index contributed by atoms with van der Waals surface area (Å²) in [5.41, 5.74) is 0. The summed E-state index contributed by atoms with van der Waals surface area (Å²) in [4.78, 5) is 36.0. The summed E-state index contributed by atoms with van der Waals surface area (Å²) in [6, 6.07) is 3.72. The molecule has 7 nitrogen and oxygen atoms in total. The van der Waals surface area contributed by atoms with Gasteiger partial charge in [-0.15, -0.1) is 11.3 Å². The van der Waals surface area contributed by atoms with Crippen molar-refractivity contribution < 1.29 is 19.5 Å². The molecule has 1 aromatic heterocycles. The molecule has 0 bridgehead atoms. The second-order valence-corrected chi connectivity index (χ2v) is 7.80. The Bertz CT molecular complexity index is 611. The zero-order valence-corrected chi connectivity index (χ0v) is 15.7. The zero-order chi connectivity index (χ0) is 18.8. The van der Waals surface area contributed by atoms with Gasteiger partial charge in [-0.05, 0) is 50.4 Å². The molecule has 0 atom stereocenters. The maximum atomic E-state index is 12.0. The minimum Gasteiger partial charge on any atom is -0.481 e. The van der Waals surface area contributed by atoms with E-state index in [-0.39, 0.29) is 31.2 Å². The van der Waals surface area contributed by atoms with E-state index in [1.807, 2.05) is 12.1 Å². The molecule has 2 rings (SSSR count). The number of carboxylic acids is 1. The molecule has 2 amide bonds. The van der Waals surface area contributed by atoms with Crippen LogP contribution in [-0.2, 0) is 27.2 Å². The van der Waals surface area contributed by atoms with Crippen molar-refractivity contribution in [1.29, 1.82) is 0 Å². The molecule has 0 radical (unpaired) electrons. The molecular weight excluding hydrogens is 354 g/mol. The molecule has 0 spiro atoms. The van der Waals surface area contributed by atoms with E-state index in [2.05, 4.69) is 16.0 Å². The molecular formula is C18H27N3O4S. The predicted molar refractivity (Wildman–Crippen MR) is 100 cm³/mol. The van der Waals surface area contributed by atoms with Crippen molar-refractivity contribution in [2.24, 2.45) is 5.92 Å². The lowest BCUT2D eigenvalue weighted by atomic mass is 9.95. The number of thiophene rings is 1. The fraction of sp³-hybridized carbons (Fsp3) is 0.611. The van der Waals surface area contributed by atoms with Crippen LogP contribution in [-0.4, -0.2) is 49.1 Å². The van der Waals surface area contributed by atoms with Gasteiger partial charge in [0.1, 0.15) is 0 Å². The third kappa shape index (κ3) is 7.97. The van der Waals surface area contributed by atoms with Gasteiger partial charge in [-0.2, -0.15) is 0 Å². The lowest BCUT2D eigenvalue weighted by Gasteiger charge is -2.22. The van der Waals surface area contributed by atoms with Gasteiger partial charge in [0, 0.05) is 22.8 Å². The van der Waals surface area contributed by atoms with Crippen LogP contribution in [0.25, 0.3) is 0 Å². The standard InChI is InChI=1S/C18H27N3O4S/c22-16(20-9-5-13-3-7-19-8-4-13)11-14-1-2-15(26-14)12-17(23)21-10-6-18(24)25/h1-2,13,19H,3-12H2,(H,20,22)(H,21,23)(H,24,25). The monoisotopic (exact) mass is 381 g/mol. The highest BCUT2D eigenvalue weighted by molar-refractivity contribution is 7.12. The highest BCUT2D eigenvalue weighted by Crippen LogP contribution is 2.18. The molecule has 1 aliphatic heterocycles. The smallest absolute Gasteiger partial charge is 0.305 e. The van der Waals surface area contributed by atoms with Crippen LogP contribution in [0, 0.1) is 5.92 Å². The van der Waals surface area contributed by atoms with Crippen molar-refractivity contribution in [1.82, 2.24) is 16.0 Å². The summed E-state index contributed by atoms with van der Waals surface area (Å²) in [6.45, 7) is 2.99. The molecule has 1 aliphatic rings. The topological polar surface area (TPSA) is 108 Å². The fourth-order valence-corrected chi connectivity index (χ4v) is 3.96. The van der Waals surface area contributed by atoms with Gasteiger partial charge in [0.25, 0.3) is 0 Å². The average Bonchev–Trinajstić information content (AvgIpc) is 3.02. The third-order valence-electron chi connectivity index (χ3n) is 4.38. The minimum absolute atomic E-state index is 0.0123. The SMILES string of the molecule is O=C(O)CCNC(=O)Cc1ccc(CC(=O)NCCC2CCNCC2)s1. The van der Waals surface area contributed by atoms with Crippen LogP contribution in [0.15, 0.2) is 12.1 Å². The maximum Gasteiger partial charge on any atom is 0.305 e. The van der Waals surface area contributed by atoms with E-state index in [1.54, 1.807) is 0 Å². The van der Waals surface area contributed by atoms with E-state index < -0.39 is 5.97 Å². The van der Waals surface area contributed by atoms with Crippen molar-refractivity contribution in [3.8, 4) is 0 Å². The Morgan fingerprint density at radius 2 is 1.62 bits per heavy atom. The summed E-state index contributed by atoms with van der Waals surface area (Å²) in [7, 11) is 0. The number of carbonyl (C=O) groups excluding carboxylic acids is 2. The summed E-state index contributed by atoms with van der Waals surface area (Å²) in [5.74, 6) is -0.427. The van der Waals surface area contributed by atoms with Crippen molar-refractivity contribution in [2.45, 2.75) is 38.5 Å². The van der Waals surface area contributed by atoms with Gasteiger partial charge in [-0.3, -0.25) is 14.4 Å². The van der Waals surface area contributed by atoms with Gasteiger partial charge in [0.05, 0.1) is 19.3 Å². The molecule has 1 aromatic rings. The molecule has 26 heavy (non-hydrogen) atoms. The first-order valence-corrected chi connectivity index (χ1v) is 9.88. The van der Waals surface area contributed by atoms with Gasteiger partial charge in [0.15, 0.2) is 0 Å². The number of rotatable bonds is 10. The Labute approximate surface area is 157 Å². The number of amides is 2. The van der Waals surface area contributed by atoms with Crippen LogP contribution < -0.4 is 16.0 Å². The molecule has 0 unspecified atom stereocenters. The molecule has 1 fully saturated rings. The van der Waals surface area contributed by atoms with Crippen molar-refractivity contribution >= 4 is 29.1 Å². The Morgan fingerprint density at radius 1 is 1.04 bits per heavy atom. The third-order valence-corrected chi connectivity index (χ3v) is 5.47. The number of piperidine rings is 1. The van der Waals surface area contributed by atoms with Gasteiger partial charge in [-0.25, -0.2) is 0 Å². The normalized spacial score (nSPS) is 14.8. The van der Waals surface area contributed by atoms with Crippen LogP contribution in [0.2, 0.25) is 0 Å². The van der Waals surface area contributed by atoms with E-state index in [4.69, 9.17) is 5.11 Å². The van der Waals surface area contributed by atoms with E-state index in [0.29, 0.717) is 18.9 Å². The molecule has 1 saturated heterocycles. The number of nitrogens with one attached hydrogen (secondary N) is 3. The van der Waals surface area contributed by atoms with Gasteiger partial charge in [0.2, 0.25) is 11.8 Å². The van der Waals surface area contributed by atoms with Crippen molar-refractivity contribution in [2.75, 3.05) is 26.2 Å². The van der Waals surface area contributed by atoms with Crippen LogP contribution in [0.1, 0.15) is 35.4 Å². The predicted octanol–water partition coefficient (Wildman–Crippen LogP) is 0.930. The Kier molecular flexibility index (Phi) is 8.57. The Balaban J connectivity index is 1.64. The summed E-state index contributed by atoms with van der Waals surface area (Å²) < 4.78 is 0. The quantitative estimate of drug-likeness (QED) is 0.482. The van der Waals surface area contributed by atoms with Crippen molar-refractivity contribution in [3.63, 3.8) is 0 Å². The number of hydrogen-bond acceptors (Lipinski definition) is 5. The highest BCUT2D eigenvalue weighted by atomic mass is 32.1. The lowest BCUT2D eigenvalue weighted by molar-refractivity contribution is -0.137. The lowest BCUT2D eigenvalue weighted by Crippen LogP contribution is -2.31. The summed E-state index contributed by atoms with van der Waals surface area (Å²) in [6.07, 6.45) is 3.84. The molecule has 4 N–H and O–H groups in total. The van der Waals surface area contributed by atoms with Crippen LogP contribution >= 0.6 is 11.3 Å². The molecule has 144 valence electrons. The number of aliphatic carboxylic acids is 1. The number of hydrogen-bond donors (Lipinski definition) is 4. The highest BCUT2D eigenvalue weighted by Gasteiger charge is 2.13. The van der Waals surface area contributed by atoms with Crippen molar-refractivity contribution in [3.05, 3.63) is 21.9 Å². The van der Waals surface area contributed by atoms with Gasteiger partial charge in [-0.1, -0.05) is 0 Å². The van der Waals surface area contributed by atoms with Crippen LogP contribution in [0.4, 0.5) is 0 Å². The molecule has 0 aromatic carbocycles. The van der Waals surface area contributed by atoms with E-state index in [1.165, 1.54) is 24.2 Å². The minimum atomic E-state index is -0.935. The first-order valence-electron chi connectivity index (χ1n) is 9.06. The average molecular weight is 381 g/mol. The van der Waals surface area contributed by atoms with E-state index in [9.17, 15) is 14.4 Å². The number of carbonyl (C=O) groups is 3. The molecule has 0 aliphatic carbocycles. The fourth-order valence-electron chi connectivity index (χ4n) is 2.95. The first-order chi connectivity index (χ1) is 12.5. The second kappa shape index (κ2) is 10.9. The zero-order valence-electron chi connectivity index (χ0n) is 14.9. The second-order valence-electron chi connectivity index (χ2n) is 6.55.